The molecule has 0 radical (unpaired) electrons. The second-order valence-electron chi connectivity index (χ2n) is 14.0. The van der Waals surface area contributed by atoms with Crippen molar-refractivity contribution in [2.24, 2.45) is 0 Å². The summed E-state index contributed by atoms with van der Waals surface area (Å²) < 4.78 is 13.0. The summed E-state index contributed by atoms with van der Waals surface area (Å²) in [4.78, 5) is 9.78. The molecule has 0 saturated carbocycles. The van der Waals surface area contributed by atoms with Gasteiger partial charge in [-0.1, -0.05) is 103 Å². The van der Waals surface area contributed by atoms with Crippen LogP contribution in [0.4, 0.5) is 34.1 Å². The van der Waals surface area contributed by atoms with Crippen LogP contribution in [0.3, 0.4) is 0 Å². The molecule has 56 heavy (non-hydrogen) atoms. The van der Waals surface area contributed by atoms with Gasteiger partial charge in [0.2, 0.25) is 5.89 Å². The zero-order chi connectivity index (χ0) is 37.0. The number of furan rings is 1. The van der Waals surface area contributed by atoms with Crippen molar-refractivity contribution in [2.45, 2.75) is 0 Å². The van der Waals surface area contributed by atoms with Gasteiger partial charge in [-0.15, -0.1) is 0 Å². The van der Waals surface area contributed by atoms with E-state index in [4.69, 9.17) is 13.8 Å². The fraction of sp³-hybridized carbons (Fsp3) is 0. The van der Waals surface area contributed by atoms with E-state index < -0.39 is 0 Å². The Kier molecular flexibility index (Phi) is 7.42. The average molecular weight is 720 g/mol. The molecule has 0 aliphatic rings. The highest BCUT2D eigenvalue weighted by molar-refractivity contribution is 6.23. The molecule has 11 aromatic rings. The summed E-state index contributed by atoms with van der Waals surface area (Å²) in [6.45, 7) is 0. The molecule has 0 saturated heterocycles. The van der Waals surface area contributed by atoms with Crippen LogP contribution in [0, 0.1) is 0 Å². The molecule has 0 unspecified atom stereocenters. The lowest BCUT2D eigenvalue weighted by Gasteiger charge is -2.26. The van der Waals surface area contributed by atoms with Gasteiger partial charge in [0.1, 0.15) is 16.7 Å². The lowest BCUT2D eigenvalue weighted by Crippen LogP contribution is -2.09. The Hall–Kier alpha value is -7.63. The van der Waals surface area contributed by atoms with Gasteiger partial charge in [-0.25, -0.2) is 4.98 Å². The van der Waals surface area contributed by atoms with Crippen LogP contribution in [0.25, 0.3) is 66.0 Å². The smallest absolute Gasteiger partial charge is 0.227 e. The Bertz CT molecular complexity index is 3170. The number of benzene rings is 9. The first-order valence-corrected chi connectivity index (χ1v) is 18.8. The van der Waals surface area contributed by atoms with E-state index in [1.54, 1.807) is 0 Å². The lowest BCUT2D eigenvalue weighted by molar-refractivity contribution is 0.623. The Balaban J connectivity index is 1.06. The monoisotopic (exact) mass is 719 g/mol. The van der Waals surface area contributed by atoms with Gasteiger partial charge in [-0.05, 0) is 108 Å². The third-order valence-electron chi connectivity index (χ3n) is 10.6. The normalized spacial score (nSPS) is 11.6. The minimum absolute atomic E-state index is 0.572. The Morgan fingerprint density at radius 2 is 0.839 bits per heavy atom. The molecule has 11 rings (SSSR count). The molecular weight excluding hydrogens is 687 g/mol. The van der Waals surface area contributed by atoms with E-state index in [9.17, 15) is 0 Å². The van der Waals surface area contributed by atoms with Gasteiger partial charge < -0.3 is 18.6 Å². The number of anilines is 6. The molecule has 264 valence electrons. The van der Waals surface area contributed by atoms with E-state index in [1.165, 1.54) is 0 Å². The van der Waals surface area contributed by atoms with Gasteiger partial charge >= 0.3 is 0 Å². The maximum atomic E-state index is 6.83. The molecule has 0 bridgehead atoms. The molecule has 0 amide bonds. The number of nitrogens with zero attached hydrogens (tertiary/aromatic N) is 3. The SMILES string of the molecule is c1ccc(N(c2cccc(-c3nc4c5ccccc5c5cc(N(c6ccccc6)c6ccccc6)ccc5c4o3)c2)c2ccc3oc4ccccc4c3c2)cc1. The zero-order valence-electron chi connectivity index (χ0n) is 30.2. The first-order valence-electron chi connectivity index (χ1n) is 18.8. The number of hydrogen-bond acceptors (Lipinski definition) is 5. The molecule has 5 nitrogen and oxygen atoms in total. The first-order chi connectivity index (χ1) is 27.8. The van der Waals surface area contributed by atoms with Crippen LogP contribution in [-0.4, -0.2) is 4.98 Å². The topological polar surface area (TPSA) is 45.7 Å². The highest BCUT2D eigenvalue weighted by Gasteiger charge is 2.21. The molecule has 0 N–H and O–H groups in total. The summed E-state index contributed by atoms with van der Waals surface area (Å²) >= 11 is 0. The van der Waals surface area contributed by atoms with Crippen LogP contribution in [0.5, 0.6) is 0 Å². The van der Waals surface area contributed by atoms with Crippen molar-refractivity contribution < 1.29 is 8.83 Å². The van der Waals surface area contributed by atoms with Crippen molar-refractivity contribution in [3.05, 3.63) is 200 Å². The van der Waals surface area contributed by atoms with E-state index in [1.807, 2.05) is 18.2 Å². The highest BCUT2D eigenvalue weighted by Crippen LogP contribution is 2.43. The largest absolute Gasteiger partial charge is 0.456 e. The van der Waals surface area contributed by atoms with E-state index in [2.05, 4.69) is 192 Å². The van der Waals surface area contributed by atoms with Crippen molar-refractivity contribution in [3.8, 4) is 11.5 Å². The zero-order valence-corrected chi connectivity index (χ0v) is 30.2. The van der Waals surface area contributed by atoms with Crippen LogP contribution >= 0.6 is 0 Å². The van der Waals surface area contributed by atoms with Gasteiger partial charge in [0.05, 0.1) is 0 Å². The highest BCUT2D eigenvalue weighted by atomic mass is 16.3. The van der Waals surface area contributed by atoms with E-state index in [-0.39, 0.29) is 0 Å². The number of para-hydroxylation sites is 4. The number of fused-ring (bicyclic) bond motifs is 9. The first kappa shape index (κ1) is 31.9. The van der Waals surface area contributed by atoms with Gasteiger partial charge in [0, 0.05) is 61.2 Å². The lowest BCUT2D eigenvalue weighted by atomic mass is 9.99. The summed E-state index contributed by atoms with van der Waals surface area (Å²) in [7, 11) is 0. The van der Waals surface area contributed by atoms with Crippen LogP contribution in [-0.2, 0) is 0 Å². The van der Waals surface area contributed by atoms with Gasteiger partial charge in [-0.3, -0.25) is 0 Å². The Labute approximate surface area is 322 Å². The van der Waals surface area contributed by atoms with E-state index in [0.29, 0.717) is 5.89 Å². The Morgan fingerprint density at radius 3 is 1.54 bits per heavy atom. The summed E-state index contributed by atoms with van der Waals surface area (Å²) in [6, 6.07) is 69.6. The molecule has 9 aromatic carbocycles. The average Bonchev–Trinajstić information content (AvgIpc) is 3.88. The fourth-order valence-corrected chi connectivity index (χ4v) is 8.08. The maximum Gasteiger partial charge on any atom is 0.227 e. The summed E-state index contributed by atoms with van der Waals surface area (Å²) in [5, 5.41) is 6.48. The van der Waals surface area contributed by atoms with Crippen molar-refractivity contribution in [3.63, 3.8) is 0 Å². The van der Waals surface area contributed by atoms with E-state index >= 15 is 0 Å². The minimum atomic E-state index is 0.572. The molecule has 0 aliphatic carbocycles. The molecule has 2 heterocycles. The van der Waals surface area contributed by atoms with Crippen LogP contribution in [0.1, 0.15) is 0 Å². The number of rotatable bonds is 7. The van der Waals surface area contributed by atoms with Crippen molar-refractivity contribution >= 4 is 88.7 Å². The van der Waals surface area contributed by atoms with Crippen molar-refractivity contribution in [1.29, 1.82) is 0 Å². The second-order valence-corrected chi connectivity index (χ2v) is 14.0. The van der Waals surface area contributed by atoms with Crippen molar-refractivity contribution in [1.82, 2.24) is 4.98 Å². The standard InChI is InChI=1S/C51H33N3O2/c1-4-16-35(17-5-1)53(36-18-6-2-7-19-36)39-27-29-44-45(32-39)41-23-10-11-25-43(41)49-50(44)56-51(52-49)34-15-14-22-38(31-34)54(37-20-8-3-9-21-37)40-28-30-48-46(33-40)42-24-12-13-26-47(42)55-48/h1-33H. The molecule has 0 atom stereocenters. The number of oxazole rings is 1. The van der Waals surface area contributed by atoms with Gasteiger partial charge in [-0.2, -0.15) is 0 Å². The maximum absolute atomic E-state index is 6.83. The predicted molar refractivity (Wildman–Crippen MR) is 231 cm³/mol. The molecule has 5 heteroatoms. The van der Waals surface area contributed by atoms with Gasteiger partial charge in [0.25, 0.3) is 0 Å². The Morgan fingerprint density at radius 1 is 0.321 bits per heavy atom. The molecule has 0 spiro atoms. The minimum Gasteiger partial charge on any atom is -0.456 e. The van der Waals surface area contributed by atoms with Gasteiger partial charge in [0.15, 0.2) is 5.58 Å². The number of hydrogen-bond donors (Lipinski definition) is 0. The molecule has 2 aromatic heterocycles. The molecular formula is C51H33N3O2. The molecule has 0 fully saturated rings. The van der Waals surface area contributed by atoms with Crippen LogP contribution < -0.4 is 9.80 Å². The predicted octanol–water partition coefficient (Wildman–Crippen LogP) is 14.6. The van der Waals surface area contributed by atoms with Crippen LogP contribution in [0.15, 0.2) is 209 Å². The van der Waals surface area contributed by atoms with E-state index in [0.717, 1.165) is 94.3 Å². The quantitative estimate of drug-likeness (QED) is 0.153. The third kappa shape index (κ3) is 5.29. The summed E-state index contributed by atoms with van der Waals surface area (Å²) in [6.07, 6.45) is 0. The third-order valence-corrected chi connectivity index (χ3v) is 10.6. The molecule has 0 aliphatic heterocycles. The van der Waals surface area contributed by atoms with Crippen molar-refractivity contribution in [2.75, 3.05) is 9.80 Å². The summed E-state index contributed by atoms with van der Waals surface area (Å²) in [5.41, 5.74) is 10.6. The van der Waals surface area contributed by atoms with Crippen LogP contribution in [0.2, 0.25) is 0 Å². The fourth-order valence-electron chi connectivity index (χ4n) is 8.08. The second kappa shape index (κ2) is 13.0. The number of aromatic nitrogens is 1. The summed E-state index contributed by atoms with van der Waals surface area (Å²) in [5.74, 6) is 0.572.